The maximum Gasteiger partial charge on any atom is 0.274 e. The molecule has 0 aliphatic rings. The Labute approximate surface area is 159 Å². The maximum atomic E-state index is 12.4. The zero-order valence-corrected chi connectivity index (χ0v) is 15.0. The number of aromatic nitrogens is 1. The van der Waals surface area contributed by atoms with Crippen LogP contribution in [0.4, 0.5) is 16.5 Å². The molecule has 0 atom stereocenters. The van der Waals surface area contributed by atoms with E-state index in [2.05, 4.69) is 10.3 Å². The van der Waals surface area contributed by atoms with Gasteiger partial charge in [0, 0.05) is 18.2 Å². The van der Waals surface area contributed by atoms with Crippen LogP contribution in [0.5, 0.6) is 5.75 Å². The van der Waals surface area contributed by atoms with Crippen LogP contribution in [0.15, 0.2) is 30.3 Å². The quantitative estimate of drug-likeness (QED) is 0.496. The van der Waals surface area contributed by atoms with Crippen molar-refractivity contribution in [3.05, 3.63) is 61.1 Å². The second kappa shape index (κ2) is 7.13. The summed E-state index contributed by atoms with van der Waals surface area (Å²) in [4.78, 5) is 37.3. The van der Waals surface area contributed by atoms with Crippen molar-refractivity contribution in [2.75, 3.05) is 12.4 Å². The lowest BCUT2D eigenvalue weighted by atomic mass is 10.2. The van der Waals surface area contributed by atoms with E-state index in [1.807, 2.05) is 0 Å². The van der Waals surface area contributed by atoms with Gasteiger partial charge in [-0.15, -0.1) is 0 Å². The lowest BCUT2D eigenvalue weighted by Crippen LogP contribution is -2.12. The number of ether oxygens (including phenoxy) is 1. The molecule has 3 rings (SSSR count). The molecule has 0 saturated carbocycles. The van der Waals surface area contributed by atoms with E-state index >= 15 is 0 Å². The van der Waals surface area contributed by atoms with Crippen LogP contribution in [0.3, 0.4) is 0 Å². The first-order chi connectivity index (χ1) is 12.8. The summed E-state index contributed by atoms with van der Waals surface area (Å²) < 4.78 is 5.55. The van der Waals surface area contributed by atoms with Gasteiger partial charge in [0.2, 0.25) is 0 Å². The lowest BCUT2D eigenvalue weighted by molar-refractivity contribution is -0.385. The van der Waals surface area contributed by atoms with Gasteiger partial charge >= 0.3 is 0 Å². The van der Waals surface area contributed by atoms with E-state index < -0.39 is 15.8 Å². The number of anilines is 1. The minimum Gasteiger partial charge on any atom is -0.494 e. The van der Waals surface area contributed by atoms with Crippen molar-refractivity contribution in [3.8, 4) is 5.75 Å². The van der Waals surface area contributed by atoms with Crippen molar-refractivity contribution in [2.24, 2.45) is 0 Å². The largest absolute Gasteiger partial charge is 0.494 e. The molecule has 138 valence electrons. The van der Waals surface area contributed by atoms with Gasteiger partial charge in [-0.3, -0.25) is 30.3 Å². The number of carbonyl (C=O) groups is 1. The first-order valence-electron chi connectivity index (χ1n) is 7.18. The zero-order valence-electron chi connectivity index (χ0n) is 13.5. The maximum absolute atomic E-state index is 12.4. The van der Waals surface area contributed by atoms with E-state index in [0.29, 0.717) is 10.2 Å². The summed E-state index contributed by atoms with van der Waals surface area (Å²) in [5, 5.41) is 24.5. The van der Waals surface area contributed by atoms with E-state index in [1.54, 1.807) is 0 Å². The van der Waals surface area contributed by atoms with E-state index in [-0.39, 0.29) is 32.8 Å². The van der Waals surface area contributed by atoms with Gasteiger partial charge in [-0.2, -0.15) is 0 Å². The van der Waals surface area contributed by atoms with E-state index in [1.165, 1.54) is 31.4 Å². The van der Waals surface area contributed by atoms with Crippen LogP contribution >= 0.6 is 22.9 Å². The van der Waals surface area contributed by atoms with Crippen LogP contribution in [-0.2, 0) is 0 Å². The molecule has 1 aromatic heterocycles. The lowest BCUT2D eigenvalue weighted by Gasteiger charge is -2.03. The number of carbonyl (C=O) groups excluding carboxylic acids is 1. The number of benzene rings is 2. The molecule has 0 aliphatic heterocycles. The molecule has 27 heavy (non-hydrogen) atoms. The zero-order chi connectivity index (χ0) is 19.7. The average Bonchev–Trinajstić information content (AvgIpc) is 3.02. The number of thiazole rings is 1. The standard InChI is InChI=1S/C15H9ClN4O6S/c1-26-11-5-8(20(24)25)6-12-13(11)17-15(27-12)18-14(21)9-4-7(19(22)23)2-3-10(9)16/h2-6H,1H3,(H,17,18,21). The first-order valence-corrected chi connectivity index (χ1v) is 8.38. The first kappa shape index (κ1) is 18.5. The Bertz CT molecular complexity index is 1100. The van der Waals surface area contributed by atoms with Crippen molar-refractivity contribution >= 4 is 55.6 Å². The molecule has 10 nitrogen and oxygen atoms in total. The molecule has 0 fully saturated rings. The molecule has 1 amide bonds. The number of halogens is 1. The van der Waals surface area contributed by atoms with Crippen molar-refractivity contribution in [3.63, 3.8) is 0 Å². The topological polar surface area (TPSA) is 138 Å². The summed E-state index contributed by atoms with van der Waals surface area (Å²) >= 11 is 6.94. The number of nitrogens with zero attached hydrogens (tertiary/aromatic N) is 3. The number of rotatable bonds is 5. The molecule has 1 N–H and O–H groups in total. The number of methoxy groups -OCH3 is 1. The SMILES string of the molecule is COc1cc([N+](=O)[O-])cc2sc(NC(=O)c3cc([N+](=O)[O-])ccc3Cl)nc12. The van der Waals surface area contributed by atoms with Gasteiger partial charge in [-0.25, -0.2) is 4.98 Å². The van der Waals surface area contributed by atoms with Crippen LogP contribution in [-0.4, -0.2) is 27.8 Å². The fraction of sp³-hybridized carbons (Fsp3) is 0.0667. The Hall–Kier alpha value is -3.31. The number of hydrogen-bond acceptors (Lipinski definition) is 8. The third kappa shape index (κ3) is 3.64. The molecule has 12 heteroatoms. The number of nitrogens with one attached hydrogen (secondary N) is 1. The molecule has 0 aliphatic carbocycles. The van der Waals surface area contributed by atoms with Crippen LogP contribution in [0.25, 0.3) is 10.2 Å². The van der Waals surface area contributed by atoms with E-state index in [0.717, 1.165) is 17.4 Å². The Morgan fingerprint density at radius 2 is 1.89 bits per heavy atom. The van der Waals surface area contributed by atoms with Crippen molar-refractivity contribution in [2.45, 2.75) is 0 Å². The van der Waals surface area contributed by atoms with Crippen molar-refractivity contribution < 1.29 is 19.4 Å². The summed E-state index contributed by atoms with van der Waals surface area (Å²) in [7, 11) is 1.35. The molecule has 0 unspecified atom stereocenters. The van der Waals surface area contributed by atoms with Gasteiger partial charge in [-0.05, 0) is 6.07 Å². The predicted octanol–water partition coefficient (Wildman–Crippen LogP) is 4.03. The number of hydrogen-bond donors (Lipinski definition) is 1. The highest BCUT2D eigenvalue weighted by atomic mass is 35.5. The highest BCUT2D eigenvalue weighted by Crippen LogP contribution is 2.36. The van der Waals surface area contributed by atoms with Gasteiger partial charge in [0.15, 0.2) is 10.9 Å². The molecule has 0 saturated heterocycles. The Kier molecular flexibility index (Phi) is 4.88. The normalized spacial score (nSPS) is 10.6. The highest BCUT2D eigenvalue weighted by molar-refractivity contribution is 7.22. The summed E-state index contributed by atoms with van der Waals surface area (Å²) in [5.74, 6) is -0.513. The molecular weight excluding hydrogens is 400 g/mol. The third-order valence-corrected chi connectivity index (χ3v) is 4.75. The molecular formula is C15H9ClN4O6S. The minimum absolute atomic E-state index is 0.0347. The summed E-state index contributed by atoms with van der Waals surface area (Å²) in [6.07, 6.45) is 0. The van der Waals surface area contributed by atoms with Gasteiger partial charge in [0.05, 0.1) is 38.3 Å². The highest BCUT2D eigenvalue weighted by Gasteiger charge is 2.20. The molecule has 0 spiro atoms. The monoisotopic (exact) mass is 408 g/mol. The van der Waals surface area contributed by atoms with Crippen LogP contribution < -0.4 is 10.1 Å². The number of non-ortho nitro benzene ring substituents is 2. The van der Waals surface area contributed by atoms with Crippen LogP contribution in [0.1, 0.15) is 10.4 Å². The van der Waals surface area contributed by atoms with Gasteiger partial charge in [0.1, 0.15) is 5.52 Å². The summed E-state index contributed by atoms with van der Waals surface area (Å²) in [6.45, 7) is 0. The van der Waals surface area contributed by atoms with Crippen LogP contribution in [0.2, 0.25) is 5.02 Å². The Morgan fingerprint density at radius 1 is 1.19 bits per heavy atom. The number of nitro benzene ring substituents is 2. The van der Waals surface area contributed by atoms with Gasteiger partial charge in [0.25, 0.3) is 17.3 Å². The molecule has 2 aromatic carbocycles. The molecule has 1 heterocycles. The molecule has 3 aromatic rings. The smallest absolute Gasteiger partial charge is 0.274 e. The predicted molar refractivity (Wildman–Crippen MR) is 98.9 cm³/mol. The van der Waals surface area contributed by atoms with E-state index in [9.17, 15) is 25.0 Å². The van der Waals surface area contributed by atoms with Gasteiger partial charge in [-0.1, -0.05) is 22.9 Å². The summed E-state index contributed by atoms with van der Waals surface area (Å²) in [5.41, 5.74) is -0.217. The second-order valence-electron chi connectivity index (χ2n) is 5.15. The van der Waals surface area contributed by atoms with E-state index in [4.69, 9.17) is 16.3 Å². The minimum atomic E-state index is -0.698. The summed E-state index contributed by atoms with van der Waals surface area (Å²) in [6, 6.07) is 6.02. The van der Waals surface area contributed by atoms with Gasteiger partial charge < -0.3 is 4.74 Å². The number of fused-ring (bicyclic) bond motifs is 1. The van der Waals surface area contributed by atoms with Crippen molar-refractivity contribution in [1.82, 2.24) is 4.98 Å². The molecule has 0 radical (unpaired) electrons. The van der Waals surface area contributed by atoms with Crippen LogP contribution in [0, 0.1) is 20.2 Å². The number of amides is 1. The molecule has 0 bridgehead atoms. The Balaban J connectivity index is 1.97. The fourth-order valence-electron chi connectivity index (χ4n) is 2.26. The Morgan fingerprint density at radius 3 is 2.52 bits per heavy atom. The number of nitro groups is 2. The fourth-order valence-corrected chi connectivity index (χ4v) is 3.38. The average molecular weight is 409 g/mol. The second-order valence-corrected chi connectivity index (χ2v) is 6.58. The van der Waals surface area contributed by atoms with Crippen molar-refractivity contribution in [1.29, 1.82) is 0 Å². The third-order valence-electron chi connectivity index (χ3n) is 3.50.